The van der Waals surface area contributed by atoms with Gasteiger partial charge in [0.25, 0.3) is 29.0 Å². The zero-order chi connectivity index (χ0) is 17.8. The molecular weight excluding hydrogens is 409 g/mol. The van der Waals surface area contributed by atoms with E-state index < -0.39 is 29.0 Å². The number of benzene rings is 2. The molecule has 0 aromatic heterocycles. The molecule has 2 heterocycles. The van der Waals surface area contributed by atoms with Crippen LogP contribution in [0.3, 0.4) is 0 Å². The summed E-state index contributed by atoms with van der Waals surface area (Å²) in [5, 5.41) is 0. The molecule has 0 saturated carbocycles. The topological polar surface area (TPSA) is 74.8 Å². The van der Waals surface area contributed by atoms with E-state index in [1.165, 1.54) is 0 Å². The van der Waals surface area contributed by atoms with Crippen molar-refractivity contribution in [3.63, 3.8) is 0 Å². The summed E-state index contributed by atoms with van der Waals surface area (Å²) in [5.74, 6) is -3.05. The number of β-lactam (4-membered cyclic amide) rings is 4. The van der Waals surface area contributed by atoms with Crippen LogP contribution in [0.4, 0.5) is 5.69 Å². The minimum absolute atomic E-state index is 0. The second-order valence-electron chi connectivity index (χ2n) is 6.07. The van der Waals surface area contributed by atoms with Crippen molar-refractivity contribution in [2.75, 3.05) is 4.90 Å². The fourth-order valence-electron chi connectivity index (χ4n) is 3.24. The first-order chi connectivity index (χ1) is 12.0. The third-order valence-electron chi connectivity index (χ3n) is 4.64. The first kappa shape index (κ1) is 18.6. The first-order valence-corrected chi connectivity index (χ1v) is 7.76. The standard InChI is InChI=1S/C19H13N2O4.Y/c1-12-7-5-6-10-14(12)21-17(24)19(18(21)25)15(22)20(16(19)23)11-13-8-3-2-4-9-13;/h2-8,10H,11H2,1H3;/q-1;. The predicted molar refractivity (Wildman–Crippen MR) is 86.9 cm³/mol. The number of carbonyl (C=O) groups is 4. The van der Waals surface area contributed by atoms with Crippen molar-refractivity contribution < 1.29 is 51.9 Å². The number of hydrogen-bond acceptors (Lipinski definition) is 4. The molecule has 2 aliphatic rings. The average molecular weight is 422 g/mol. The van der Waals surface area contributed by atoms with Crippen LogP contribution in [0.2, 0.25) is 0 Å². The van der Waals surface area contributed by atoms with Crippen molar-refractivity contribution in [3.05, 3.63) is 65.7 Å². The molecule has 0 aliphatic carbocycles. The summed E-state index contributed by atoms with van der Waals surface area (Å²) in [5.41, 5.74) is -0.418. The van der Waals surface area contributed by atoms with Crippen LogP contribution in [0.15, 0.2) is 48.5 Å². The van der Waals surface area contributed by atoms with E-state index in [9.17, 15) is 19.2 Å². The molecule has 2 aromatic carbocycles. The molecule has 4 amide bonds. The quantitative estimate of drug-likeness (QED) is 0.424. The number of para-hydroxylation sites is 1. The van der Waals surface area contributed by atoms with Crippen molar-refractivity contribution in [3.8, 4) is 0 Å². The van der Waals surface area contributed by atoms with Gasteiger partial charge in [0.1, 0.15) is 0 Å². The molecule has 2 fully saturated rings. The Hall–Kier alpha value is -2.18. The van der Waals surface area contributed by atoms with E-state index in [2.05, 4.69) is 6.07 Å². The third kappa shape index (κ3) is 2.25. The van der Waals surface area contributed by atoms with Gasteiger partial charge in [-0.1, -0.05) is 18.2 Å². The maximum Gasteiger partial charge on any atom is 0.285 e. The molecule has 0 atom stereocenters. The van der Waals surface area contributed by atoms with Crippen LogP contribution >= 0.6 is 0 Å². The molecule has 0 unspecified atom stereocenters. The number of likely N-dealkylation sites (tertiary alicyclic amines) is 1. The zero-order valence-electron chi connectivity index (χ0n) is 13.9. The fraction of sp³-hybridized carbons (Fsp3) is 0.158. The molecule has 2 aromatic rings. The number of rotatable bonds is 3. The van der Waals surface area contributed by atoms with E-state index in [1.807, 2.05) is 0 Å². The Balaban J connectivity index is 0.00000196. The number of amides is 4. The van der Waals surface area contributed by atoms with Gasteiger partial charge in [-0.05, 0) is 18.6 Å². The summed E-state index contributed by atoms with van der Waals surface area (Å²) in [6.45, 7) is 1.76. The Morgan fingerprint density at radius 1 is 0.885 bits per heavy atom. The van der Waals surface area contributed by atoms with E-state index in [4.69, 9.17) is 0 Å². The average Bonchev–Trinajstić information content (AvgIpc) is 2.63. The van der Waals surface area contributed by atoms with E-state index in [-0.39, 0.29) is 39.3 Å². The van der Waals surface area contributed by atoms with E-state index in [0.29, 0.717) is 16.8 Å². The normalized spacial score (nSPS) is 17.7. The Labute approximate surface area is 175 Å². The van der Waals surface area contributed by atoms with Crippen LogP contribution in [0, 0.1) is 18.4 Å². The molecular formula is C19H13N2O4Y-. The molecule has 2 saturated heterocycles. The fourth-order valence-corrected chi connectivity index (χ4v) is 3.24. The number of aryl methyl sites for hydroxylation is 1. The number of imide groups is 2. The molecule has 4 rings (SSSR count). The predicted octanol–water partition coefficient (Wildman–Crippen LogP) is 1.22. The van der Waals surface area contributed by atoms with Gasteiger partial charge < -0.3 is 0 Å². The summed E-state index contributed by atoms with van der Waals surface area (Å²) in [6, 6.07) is 16.7. The van der Waals surface area contributed by atoms with E-state index >= 15 is 0 Å². The number of hydrogen-bond donors (Lipinski definition) is 0. The number of nitrogens with zero attached hydrogens (tertiary/aromatic N) is 2. The Bertz CT molecular complexity index is 908. The molecule has 6 nitrogen and oxygen atoms in total. The smallest absolute Gasteiger partial charge is 0.276 e. The number of anilines is 1. The van der Waals surface area contributed by atoms with Gasteiger partial charge in [0.15, 0.2) is 0 Å². The minimum Gasteiger partial charge on any atom is -0.276 e. The van der Waals surface area contributed by atoms with E-state index in [0.717, 1.165) is 9.80 Å². The first-order valence-electron chi connectivity index (χ1n) is 7.76. The Morgan fingerprint density at radius 3 is 2.08 bits per heavy atom. The summed E-state index contributed by atoms with van der Waals surface area (Å²) in [4.78, 5) is 52.0. The summed E-state index contributed by atoms with van der Waals surface area (Å²) in [7, 11) is 0. The molecule has 2 aliphatic heterocycles. The second-order valence-corrected chi connectivity index (χ2v) is 6.07. The molecule has 1 spiro atoms. The third-order valence-corrected chi connectivity index (χ3v) is 4.64. The minimum atomic E-state index is -2.17. The van der Waals surface area contributed by atoms with Gasteiger partial charge in [-0.25, -0.2) is 4.90 Å². The van der Waals surface area contributed by atoms with Crippen LogP contribution < -0.4 is 4.90 Å². The molecule has 0 N–H and O–H groups in total. The Morgan fingerprint density at radius 2 is 1.50 bits per heavy atom. The molecule has 7 heteroatoms. The van der Waals surface area contributed by atoms with Gasteiger partial charge in [-0.3, -0.25) is 24.1 Å². The van der Waals surface area contributed by atoms with E-state index in [1.54, 1.807) is 55.5 Å². The second kappa shape index (κ2) is 6.52. The van der Waals surface area contributed by atoms with Crippen molar-refractivity contribution in [2.45, 2.75) is 13.5 Å². The van der Waals surface area contributed by atoms with Gasteiger partial charge in [-0.2, -0.15) is 30.3 Å². The SMILES string of the molecule is Cc1ccccc1N1C(=O)C2(C(=O)N(Cc3[c-]cccc3)C2=O)C1=O.[Y]. The van der Waals surface area contributed by atoms with Crippen molar-refractivity contribution in [1.29, 1.82) is 0 Å². The van der Waals surface area contributed by atoms with Gasteiger partial charge in [-0.15, -0.1) is 5.56 Å². The summed E-state index contributed by atoms with van der Waals surface area (Å²) in [6.07, 6.45) is 0. The van der Waals surface area contributed by atoms with Gasteiger partial charge in [0, 0.05) is 39.3 Å². The maximum atomic E-state index is 12.6. The van der Waals surface area contributed by atoms with Crippen LogP contribution in [-0.4, -0.2) is 28.5 Å². The summed E-state index contributed by atoms with van der Waals surface area (Å²) >= 11 is 0. The van der Waals surface area contributed by atoms with Crippen molar-refractivity contribution in [1.82, 2.24) is 4.90 Å². The maximum absolute atomic E-state index is 12.6. The molecule has 0 bridgehead atoms. The van der Waals surface area contributed by atoms with Gasteiger partial charge in [0.05, 0.1) is 5.69 Å². The number of carbonyl (C=O) groups excluding carboxylic acids is 4. The molecule has 1 radical (unpaired) electrons. The van der Waals surface area contributed by atoms with Crippen molar-refractivity contribution >= 4 is 29.3 Å². The van der Waals surface area contributed by atoms with Crippen LogP contribution in [0.1, 0.15) is 11.1 Å². The van der Waals surface area contributed by atoms with Crippen LogP contribution in [0.25, 0.3) is 0 Å². The monoisotopic (exact) mass is 422 g/mol. The van der Waals surface area contributed by atoms with Gasteiger partial charge in [0.2, 0.25) is 0 Å². The van der Waals surface area contributed by atoms with Gasteiger partial charge >= 0.3 is 0 Å². The zero-order valence-corrected chi connectivity index (χ0v) is 16.8. The van der Waals surface area contributed by atoms with Crippen LogP contribution in [0.5, 0.6) is 0 Å². The van der Waals surface area contributed by atoms with Crippen LogP contribution in [-0.2, 0) is 58.4 Å². The summed E-state index contributed by atoms with van der Waals surface area (Å²) < 4.78 is 0. The van der Waals surface area contributed by atoms with Crippen molar-refractivity contribution in [2.24, 2.45) is 5.41 Å². The largest absolute Gasteiger partial charge is 0.285 e. The Kier molecular flexibility index (Phi) is 4.67. The molecule has 26 heavy (non-hydrogen) atoms. The molecule has 127 valence electrons.